The number of hydrogen-bond acceptors (Lipinski definition) is 3. The van der Waals surface area contributed by atoms with Crippen molar-refractivity contribution < 1.29 is 4.79 Å². The Morgan fingerprint density at radius 3 is 2.71 bits per heavy atom. The molecule has 1 aliphatic rings. The first kappa shape index (κ1) is 9.96. The van der Waals surface area contributed by atoms with Crippen LogP contribution in [-0.4, -0.2) is 18.5 Å². The molecule has 76 valence electrons. The molecule has 1 saturated carbocycles. The average molecular weight is 231 g/mol. The molecule has 0 atom stereocenters. The van der Waals surface area contributed by atoms with Crippen LogP contribution < -0.4 is 10.6 Å². The van der Waals surface area contributed by atoms with E-state index in [1.54, 1.807) is 18.0 Å². The molecule has 1 amide bonds. The fourth-order valence-electron chi connectivity index (χ4n) is 1.27. The number of carbonyl (C=O) groups excluding carboxylic acids is 1. The predicted molar refractivity (Wildman–Crippen MR) is 58.9 cm³/mol. The van der Waals surface area contributed by atoms with Crippen LogP contribution in [0.3, 0.4) is 0 Å². The molecule has 0 unspecified atom stereocenters. The summed E-state index contributed by atoms with van der Waals surface area (Å²) in [6.45, 7) is 0. The van der Waals surface area contributed by atoms with Gasteiger partial charge < -0.3 is 10.6 Å². The van der Waals surface area contributed by atoms with Crippen LogP contribution >= 0.6 is 22.9 Å². The fraction of sp³-hybridized carbons (Fsp3) is 0.444. The maximum absolute atomic E-state index is 11.8. The van der Waals surface area contributed by atoms with Crippen molar-refractivity contribution in [3.63, 3.8) is 0 Å². The number of halogens is 1. The molecule has 5 heteroatoms. The molecule has 0 spiro atoms. The maximum atomic E-state index is 11.8. The first-order valence-electron chi connectivity index (χ1n) is 4.35. The highest BCUT2D eigenvalue weighted by molar-refractivity contribution is 7.20. The summed E-state index contributed by atoms with van der Waals surface area (Å²) in [5.74, 6) is -0.0176. The van der Waals surface area contributed by atoms with Crippen LogP contribution in [0.4, 0.5) is 5.00 Å². The van der Waals surface area contributed by atoms with Crippen LogP contribution in [0.25, 0.3) is 0 Å². The molecular weight excluding hydrogens is 220 g/mol. The van der Waals surface area contributed by atoms with Crippen molar-refractivity contribution in [1.82, 2.24) is 0 Å². The van der Waals surface area contributed by atoms with Gasteiger partial charge in [-0.2, -0.15) is 0 Å². The summed E-state index contributed by atoms with van der Waals surface area (Å²) < 4.78 is 0.682. The number of nitrogens with two attached hydrogens (primary N) is 1. The molecule has 14 heavy (non-hydrogen) atoms. The van der Waals surface area contributed by atoms with Gasteiger partial charge in [-0.25, -0.2) is 0 Å². The Kier molecular flexibility index (Phi) is 2.29. The van der Waals surface area contributed by atoms with Gasteiger partial charge >= 0.3 is 0 Å². The van der Waals surface area contributed by atoms with Gasteiger partial charge in [0.25, 0.3) is 0 Å². The average Bonchev–Trinajstić information content (AvgIpc) is 2.75. The Labute approximate surface area is 91.5 Å². The Morgan fingerprint density at radius 1 is 1.64 bits per heavy atom. The van der Waals surface area contributed by atoms with E-state index in [0.717, 1.165) is 17.8 Å². The van der Waals surface area contributed by atoms with Gasteiger partial charge in [-0.15, -0.1) is 11.3 Å². The van der Waals surface area contributed by atoms with Gasteiger partial charge in [-0.3, -0.25) is 4.79 Å². The van der Waals surface area contributed by atoms with Crippen molar-refractivity contribution in [3.05, 3.63) is 16.5 Å². The second kappa shape index (κ2) is 3.22. The topological polar surface area (TPSA) is 46.3 Å². The number of carbonyl (C=O) groups is 1. The smallest absolute Gasteiger partial charge is 0.247 e. The van der Waals surface area contributed by atoms with Crippen LogP contribution in [0.15, 0.2) is 12.1 Å². The minimum absolute atomic E-state index is 0.0176. The minimum Gasteiger partial charge on any atom is -0.317 e. The van der Waals surface area contributed by atoms with Crippen molar-refractivity contribution in [2.24, 2.45) is 5.73 Å². The molecule has 1 aromatic heterocycles. The van der Waals surface area contributed by atoms with Gasteiger partial charge in [0, 0.05) is 7.05 Å². The van der Waals surface area contributed by atoms with Crippen LogP contribution in [0.2, 0.25) is 4.34 Å². The van der Waals surface area contributed by atoms with E-state index in [2.05, 4.69) is 0 Å². The Morgan fingerprint density at radius 2 is 2.29 bits per heavy atom. The van der Waals surface area contributed by atoms with Crippen LogP contribution in [0.5, 0.6) is 0 Å². The molecule has 0 radical (unpaired) electrons. The molecule has 1 fully saturated rings. The van der Waals surface area contributed by atoms with Gasteiger partial charge in [0.05, 0.1) is 14.9 Å². The molecule has 3 nitrogen and oxygen atoms in total. The summed E-state index contributed by atoms with van der Waals surface area (Å²) in [5, 5.41) is 0.844. The standard InChI is InChI=1S/C9H11ClN2OS/c1-12(7-3-2-6(10)14-7)8(13)9(11)4-5-9/h2-3H,4-5,11H2,1H3. The van der Waals surface area contributed by atoms with Gasteiger partial charge in [0.2, 0.25) is 5.91 Å². The normalized spacial score (nSPS) is 17.9. The highest BCUT2D eigenvalue weighted by Crippen LogP contribution is 2.37. The first-order chi connectivity index (χ1) is 6.53. The van der Waals surface area contributed by atoms with E-state index in [9.17, 15) is 4.79 Å². The highest BCUT2D eigenvalue weighted by Gasteiger charge is 2.47. The summed E-state index contributed by atoms with van der Waals surface area (Å²) in [6, 6.07) is 3.61. The van der Waals surface area contributed by atoms with E-state index in [1.807, 2.05) is 6.07 Å². The lowest BCUT2D eigenvalue weighted by molar-refractivity contribution is -0.120. The number of nitrogens with zero attached hydrogens (tertiary/aromatic N) is 1. The molecule has 1 aromatic rings. The van der Waals surface area contributed by atoms with Crippen molar-refractivity contribution in [2.45, 2.75) is 18.4 Å². The van der Waals surface area contributed by atoms with Gasteiger partial charge in [-0.05, 0) is 25.0 Å². The SMILES string of the molecule is CN(C(=O)C1(N)CC1)c1ccc(Cl)s1. The van der Waals surface area contributed by atoms with E-state index in [0.29, 0.717) is 4.34 Å². The molecular formula is C9H11ClN2OS. The summed E-state index contributed by atoms with van der Waals surface area (Å²) in [5.41, 5.74) is 5.21. The van der Waals surface area contributed by atoms with E-state index in [1.165, 1.54) is 11.3 Å². The largest absolute Gasteiger partial charge is 0.317 e. The number of hydrogen-bond donors (Lipinski definition) is 1. The van der Waals surface area contributed by atoms with Crippen LogP contribution in [0.1, 0.15) is 12.8 Å². The summed E-state index contributed by atoms with van der Waals surface area (Å²) in [7, 11) is 1.73. The van der Waals surface area contributed by atoms with Gasteiger partial charge in [0.1, 0.15) is 0 Å². The molecule has 0 bridgehead atoms. The third kappa shape index (κ3) is 1.65. The summed E-state index contributed by atoms with van der Waals surface area (Å²) in [6.07, 6.45) is 1.57. The van der Waals surface area contributed by atoms with Crippen molar-refractivity contribution in [2.75, 3.05) is 11.9 Å². The number of likely N-dealkylation sites (N-methyl/N-ethyl adjacent to an activating group) is 1. The number of rotatable bonds is 2. The first-order valence-corrected chi connectivity index (χ1v) is 5.55. The lowest BCUT2D eigenvalue weighted by Crippen LogP contribution is -2.43. The van der Waals surface area contributed by atoms with E-state index >= 15 is 0 Å². The molecule has 2 rings (SSSR count). The summed E-state index contributed by atoms with van der Waals surface area (Å²) >= 11 is 7.17. The Hall–Kier alpha value is -0.580. The van der Waals surface area contributed by atoms with Gasteiger partial charge in [-0.1, -0.05) is 11.6 Å². The molecule has 2 N–H and O–H groups in total. The lowest BCUT2D eigenvalue weighted by Gasteiger charge is -2.18. The van der Waals surface area contributed by atoms with Gasteiger partial charge in [0.15, 0.2) is 0 Å². The third-order valence-corrected chi connectivity index (χ3v) is 3.72. The third-order valence-electron chi connectivity index (χ3n) is 2.41. The van der Waals surface area contributed by atoms with E-state index in [4.69, 9.17) is 17.3 Å². The van der Waals surface area contributed by atoms with Crippen molar-refractivity contribution in [3.8, 4) is 0 Å². The number of anilines is 1. The monoisotopic (exact) mass is 230 g/mol. The van der Waals surface area contributed by atoms with Crippen molar-refractivity contribution in [1.29, 1.82) is 0 Å². The fourth-order valence-corrected chi connectivity index (χ4v) is 2.26. The lowest BCUT2D eigenvalue weighted by atomic mass is 10.2. The Balaban J connectivity index is 2.15. The van der Waals surface area contributed by atoms with E-state index in [-0.39, 0.29) is 5.91 Å². The van der Waals surface area contributed by atoms with Crippen LogP contribution in [-0.2, 0) is 4.79 Å². The van der Waals surface area contributed by atoms with Crippen LogP contribution in [0, 0.1) is 0 Å². The Bertz CT molecular complexity index is 373. The molecule has 0 aliphatic heterocycles. The zero-order chi connectivity index (χ0) is 10.3. The zero-order valence-electron chi connectivity index (χ0n) is 7.79. The minimum atomic E-state index is -0.606. The molecule has 1 aliphatic carbocycles. The van der Waals surface area contributed by atoms with Crippen molar-refractivity contribution >= 4 is 33.8 Å². The predicted octanol–water partition coefficient (Wildman–Crippen LogP) is 1.86. The van der Waals surface area contributed by atoms with E-state index < -0.39 is 5.54 Å². The number of amides is 1. The quantitative estimate of drug-likeness (QED) is 0.843. The summed E-state index contributed by atoms with van der Waals surface area (Å²) in [4.78, 5) is 13.4. The maximum Gasteiger partial charge on any atom is 0.247 e. The highest BCUT2D eigenvalue weighted by atomic mass is 35.5. The molecule has 0 saturated heterocycles. The second-order valence-electron chi connectivity index (χ2n) is 3.60. The molecule has 0 aromatic carbocycles. The number of thiophene rings is 1. The zero-order valence-corrected chi connectivity index (χ0v) is 9.36. The second-order valence-corrected chi connectivity index (χ2v) is 5.29. The molecule has 1 heterocycles.